The summed E-state index contributed by atoms with van der Waals surface area (Å²) >= 11 is 5.68. The first-order valence-electron chi connectivity index (χ1n) is 3.59. The van der Waals surface area contributed by atoms with Crippen molar-refractivity contribution in [1.82, 2.24) is 4.98 Å². The smallest absolute Gasteiger partial charge is 0.164 e. The minimum Gasteiger partial charge on any atom is -0.382 e. The fourth-order valence-electron chi connectivity index (χ4n) is 0.805. The lowest BCUT2D eigenvalue weighted by atomic mass is 10.1. The van der Waals surface area contributed by atoms with Crippen LogP contribution in [0.4, 0.5) is 5.82 Å². The number of carbonyl (C=O) groups is 1. The number of aromatic nitrogens is 1. The highest BCUT2D eigenvalue weighted by Gasteiger charge is 2.05. The third kappa shape index (κ3) is 1.74. The van der Waals surface area contributed by atoms with Crippen molar-refractivity contribution in [3.05, 3.63) is 22.8 Å². The van der Waals surface area contributed by atoms with E-state index in [1.54, 1.807) is 6.92 Å². The first-order valence-corrected chi connectivity index (χ1v) is 3.97. The SMILES string of the molecule is CCC(=O)c1cnc(N)c(Cl)c1. The second-order valence-corrected chi connectivity index (χ2v) is 2.77. The van der Waals surface area contributed by atoms with Gasteiger partial charge in [-0.3, -0.25) is 4.79 Å². The van der Waals surface area contributed by atoms with E-state index in [0.29, 0.717) is 17.0 Å². The number of pyridine rings is 1. The van der Waals surface area contributed by atoms with Crippen LogP contribution in [0.3, 0.4) is 0 Å². The number of halogens is 1. The fourth-order valence-corrected chi connectivity index (χ4v) is 0.971. The number of nitrogens with zero attached hydrogens (tertiary/aromatic N) is 1. The van der Waals surface area contributed by atoms with Crippen molar-refractivity contribution in [1.29, 1.82) is 0 Å². The number of anilines is 1. The second-order valence-electron chi connectivity index (χ2n) is 2.37. The van der Waals surface area contributed by atoms with Crippen molar-refractivity contribution < 1.29 is 4.79 Å². The number of nitrogens with two attached hydrogens (primary N) is 1. The molecule has 2 N–H and O–H groups in total. The average molecular weight is 185 g/mol. The fraction of sp³-hybridized carbons (Fsp3) is 0.250. The largest absolute Gasteiger partial charge is 0.382 e. The maximum absolute atomic E-state index is 11.1. The van der Waals surface area contributed by atoms with Gasteiger partial charge in [0.25, 0.3) is 0 Å². The topological polar surface area (TPSA) is 56.0 Å². The van der Waals surface area contributed by atoms with Gasteiger partial charge in [0.2, 0.25) is 0 Å². The van der Waals surface area contributed by atoms with E-state index in [1.165, 1.54) is 12.3 Å². The molecule has 12 heavy (non-hydrogen) atoms. The zero-order valence-electron chi connectivity index (χ0n) is 6.67. The highest BCUT2D eigenvalue weighted by atomic mass is 35.5. The van der Waals surface area contributed by atoms with Crippen LogP contribution in [-0.2, 0) is 0 Å². The van der Waals surface area contributed by atoms with Gasteiger partial charge in [0.05, 0.1) is 5.02 Å². The number of rotatable bonds is 2. The van der Waals surface area contributed by atoms with E-state index in [2.05, 4.69) is 4.98 Å². The zero-order chi connectivity index (χ0) is 9.14. The molecule has 0 radical (unpaired) electrons. The van der Waals surface area contributed by atoms with Crippen molar-refractivity contribution >= 4 is 23.2 Å². The lowest BCUT2D eigenvalue weighted by Crippen LogP contribution is -1.99. The molecule has 0 saturated heterocycles. The van der Waals surface area contributed by atoms with E-state index in [-0.39, 0.29) is 11.6 Å². The van der Waals surface area contributed by atoms with Crippen molar-refractivity contribution in [2.24, 2.45) is 0 Å². The molecular weight excluding hydrogens is 176 g/mol. The van der Waals surface area contributed by atoms with Gasteiger partial charge in [-0.1, -0.05) is 18.5 Å². The van der Waals surface area contributed by atoms with Gasteiger partial charge in [0.15, 0.2) is 5.78 Å². The molecule has 1 rings (SSSR count). The molecule has 1 aromatic rings. The minimum atomic E-state index is 0.0180. The van der Waals surface area contributed by atoms with E-state index in [1.807, 2.05) is 0 Å². The van der Waals surface area contributed by atoms with Gasteiger partial charge in [-0.05, 0) is 6.07 Å². The van der Waals surface area contributed by atoms with Gasteiger partial charge in [-0.15, -0.1) is 0 Å². The van der Waals surface area contributed by atoms with Gasteiger partial charge in [0.1, 0.15) is 5.82 Å². The van der Waals surface area contributed by atoms with Gasteiger partial charge >= 0.3 is 0 Å². The molecule has 0 aliphatic carbocycles. The molecule has 0 aliphatic heterocycles. The Morgan fingerprint density at radius 3 is 2.92 bits per heavy atom. The molecule has 4 heteroatoms. The van der Waals surface area contributed by atoms with Gasteiger partial charge < -0.3 is 5.73 Å². The molecule has 64 valence electrons. The Hall–Kier alpha value is -1.09. The summed E-state index contributed by atoms with van der Waals surface area (Å²) in [6.07, 6.45) is 1.88. The molecule has 0 aliphatic rings. The maximum Gasteiger partial charge on any atom is 0.164 e. The molecule has 3 nitrogen and oxygen atoms in total. The monoisotopic (exact) mass is 184 g/mol. The molecule has 1 heterocycles. The first-order chi connectivity index (χ1) is 5.65. The molecule has 0 unspecified atom stereocenters. The van der Waals surface area contributed by atoms with E-state index >= 15 is 0 Å². The quantitative estimate of drug-likeness (QED) is 0.715. The number of hydrogen-bond donors (Lipinski definition) is 1. The average Bonchev–Trinajstić information content (AvgIpc) is 2.08. The summed E-state index contributed by atoms with van der Waals surface area (Å²) in [5.41, 5.74) is 5.89. The molecule has 0 atom stereocenters. The summed E-state index contributed by atoms with van der Waals surface area (Å²) < 4.78 is 0. The zero-order valence-corrected chi connectivity index (χ0v) is 7.43. The summed E-state index contributed by atoms with van der Waals surface area (Å²) in [4.78, 5) is 14.9. The lowest BCUT2D eigenvalue weighted by molar-refractivity contribution is 0.0988. The normalized spacial score (nSPS) is 9.83. The summed E-state index contributed by atoms with van der Waals surface area (Å²) in [7, 11) is 0. The van der Waals surface area contributed by atoms with Crippen LogP contribution in [0.2, 0.25) is 5.02 Å². The molecule has 0 saturated carbocycles. The standard InChI is InChI=1S/C8H9ClN2O/c1-2-7(12)5-3-6(9)8(10)11-4-5/h3-4H,2H2,1H3,(H2,10,11). The summed E-state index contributed by atoms with van der Waals surface area (Å²) in [5, 5.41) is 0.328. The Kier molecular flexibility index (Phi) is 2.65. The molecule has 0 amide bonds. The molecule has 0 spiro atoms. The number of hydrogen-bond acceptors (Lipinski definition) is 3. The van der Waals surface area contributed by atoms with Crippen molar-refractivity contribution in [2.45, 2.75) is 13.3 Å². The van der Waals surface area contributed by atoms with Gasteiger partial charge in [-0.25, -0.2) is 4.98 Å². The first kappa shape index (κ1) is 9.00. The predicted molar refractivity (Wildman–Crippen MR) is 48.3 cm³/mol. The highest BCUT2D eigenvalue weighted by molar-refractivity contribution is 6.33. The van der Waals surface area contributed by atoms with Crippen LogP contribution in [0.5, 0.6) is 0 Å². The van der Waals surface area contributed by atoms with Crippen molar-refractivity contribution in [3.8, 4) is 0 Å². The number of Topliss-reactive ketones (excluding diaryl/α,β-unsaturated/α-hetero) is 1. The van der Waals surface area contributed by atoms with Gasteiger partial charge in [-0.2, -0.15) is 0 Å². The Labute approximate surface area is 75.6 Å². The predicted octanol–water partition coefficient (Wildman–Crippen LogP) is 1.91. The van der Waals surface area contributed by atoms with Crippen molar-refractivity contribution in [2.75, 3.05) is 5.73 Å². The lowest BCUT2D eigenvalue weighted by Gasteiger charge is -1.99. The van der Waals surface area contributed by atoms with Crippen LogP contribution < -0.4 is 5.73 Å². The molecule has 0 bridgehead atoms. The third-order valence-electron chi connectivity index (χ3n) is 1.51. The van der Waals surface area contributed by atoms with E-state index in [0.717, 1.165) is 0 Å². The molecule has 0 fully saturated rings. The van der Waals surface area contributed by atoms with Crippen LogP contribution in [0.25, 0.3) is 0 Å². The van der Waals surface area contributed by atoms with E-state index in [9.17, 15) is 4.79 Å². The number of carbonyl (C=O) groups excluding carboxylic acids is 1. The Morgan fingerprint density at radius 2 is 2.42 bits per heavy atom. The van der Waals surface area contributed by atoms with Gasteiger partial charge in [0, 0.05) is 18.2 Å². The Balaban J connectivity index is 3.05. The van der Waals surface area contributed by atoms with E-state index < -0.39 is 0 Å². The number of nitrogen functional groups attached to an aromatic ring is 1. The Bertz CT molecular complexity index is 312. The second kappa shape index (κ2) is 3.54. The molecule has 1 aromatic heterocycles. The van der Waals surface area contributed by atoms with E-state index in [4.69, 9.17) is 17.3 Å². The Morgan fingerprint density at radius 1 is 1.75 bits per heavy atom. The van der Waals surface area contributed by atoms with Crippen molar-refractivity contribution in [3.63, 3.8) is 0 Å². The summed E-state index contributed by atoms with van der Waals surface area (Å²) in [6, 6.07) is 1.54. The van der Waals surface area contributed by atoms with Crippen LogP contribution in [0.1, 0.15) is 23.7 Å². The molecular formula is C8H9ClN2O. The third-order valence-corrected chi connectivity index (χ3v) is 1.82. The van der Waals surface area contributed by atoms with Crippen LogP contribution in [0, 0.1) is 0 Å². The summed E-state index contributed by atoms with van der Waals surface area (Å²) in [5.74, 6) is 0.272. The highest BCUT2D eigenvalue weighted by Crippen LogP contribution is 2.17. The van der Waals surface area contributed by atoms with Crippen LogP contribution >= 0.6 is 11.6 Å². The maximum atomic E-state index is 11.1. The number of ketones is 1. The minimum absolute atomic E-state index is 0.0180. The van der Waals surface area contributed by atoms with Crippen LogP contribution in [0.15, 0.2) is 12.3 Å². The van der Waals surface area contributed by atoms with Crippen LogP contribution in [-0.4, -0.2) is 10.8 Å². The molecule has 0 aromatic carbocycles. The summed E-state index contributed by atoms with van der Waals surface area (Å²) in [6.45, 7) is 1.78.